The topological polar surface area (TPSA) is 42.7 Å². The number of anilines is 1. The van der Waals surface area contributed by atoms with E-state index in [9.17, 15) is 4.79 Å². The Bertz CT molecular complexity index is 468. The predicted octanol–water partition coefficient (Wildman–Crippen LogP) is 4.52. The maximum absolute atomic E-state index is 12.3. The van der Waals surface area contributed by atoms with Gasteiger partial charge in [0.05, 0.1) is 6.26 Å². The molecule has 0 bridgehead atoms. The number of amides is 1. The van der Waals surface area contributed by atoms with Gasteiger partial charge in [0.2, 0.25) is 5.88 Å². The van der Waals surface area contributed by atoms with Gasteiger partial charge in [-0.1, -0.05) is 11.6 Å². The van der Waals surface area contributed by atoms with Crippen LogP contribution in [0.5, 0.6) is 0 Å². The molecule has 1 aliphatic rings. The summed E-state index contributed by atoms with van der Waals surface area (Å²) in [6, 6.07) is 3.56. The van der Waals surface area contributed by atoms with E-state index < -0.39 is 5.60 Å². The van der Waals surface area contributed by atoms with Crippen LogP contribution >= 0.6 is 0 Å². The van der Waals surface area contributed by atoms with Crippen LogP contribution in [0.15, 0.2) is 34.5 Å². The second-order valence-electron chi connectivity index (χ2n) is 6.09. The van der Waals surface area contributed by atoms with Crippen LogP contribution in [-0.2, 0) is 4.74 Å². The van der Waals surface area contributed by atoms with Crippen LogP contribution in [0.25, 0.3) is 0 Å². The van der Waals surface area contributed by atoms with Crippen LogP contribution in [-0.4, -0.2) is 18.2 Å². The maximum atomic E-state index is 12.3. The van der Waals surface area contributed by atoms with Crippen molar-refractivity contribution in [3.05, 3.63) is 30.0 Å². The first-order valence-electron chi connectivity index (χ1n) is 7.18. The molecule has 2 rings (SSSR count). The summed E-state index contributed by atoms with van der Waals surface area (Å²) in [4.78, 5) is 13.9. The van der Waals surface area contributed by atoms with Gasteiger partial charge in [-0.3, -0.25) is 0 Å². The summed E-state index contributed by atoms with van der Waals surface area (Å²) in [5, 5.41) is 0. The Morgan fingerprint density at radius 1 is 1.45 bits per heavy atom. The molecule has 20 heavy (non-hydrogen) atoms. The quantitative estimate of drug-likeness (QED) is 0.760. The Morgan fingerprint density at radius 3 is 2.80 bits per heavy atom. The number of nitrogens with zero attached hydrogens (tertiary/aromatic N) is 1. The first-order chi connectivity index (χ1) is 9.46. The summed E-state index contributed by atoms with van der Waals surface area (Å²) in [7, 11) is 0. The van der Waals surface area contributed by atoms with E-state index in [2.05, 4.69) is 6.08 Å². The Balaban J connectivity index is 2.03. The van der Waals surface area contributed by atoms with Gasteiger partial charge in [0.15, 0.2) is 0 Å². The van der Waals surface area contributed by atoms with Crippen LogP contribution in [0.1, 0.15) is 46.5 Å². The standard InChI is InChI=1S/C16H23NO3/c1-16(2,3)20-15(18)17(14-9-6-12-19-14)11-10-13-7-4-5-8-13/h6-7,9,12H,4-5,8,10-11H2,1-3H3. The molecule has 1 aromatic rings. The lowest BCUT2D eigenvalue weighted by molar-refractivity contribution is 0.0574. The molecule has 4 heteroatoms. The number of furan rings is 1. The number of hydrogen-bond donors (Lipinski definition) is 0. The van der Waals surface area contributed by atoms with Crippen molar-refractivity contribution < 1.29 is 13.9 Å². The summed E-state index contributed by atoms with van der Waals surface area (Å²) in [6.45, 7) is 6.19. The second-order valence-corrected chi connectivity index (χ2v) is 6.09. The lowest BCUT2D eigenvalue weighted by Crippen LogP contribution is -2.37. The van der Waals surface area contributed by atoms with Gasteiger partial charge in [0.25, 0.3) is 0 Å². The van der Waals surface area contributed by atoms with Gasteiger partial charge in [-0.2, -0.15) is 0 Å². The van der Waals surface area contributed by atoms with Gasteiger partial charge in [-0.25, -0.2) is 9.69 Å². The van der Waals surface area contributed by atoms with Crippen molar-refractivity contribution in [1.29, 1.82) is 0 Å². The van der Waals surface area contributed by atoms with Crippen LogP contribution in [0.4, 0.5) is 10.7 Å². The number of carbonyl (C=O) groups is 1. The second kappa shape index (κ2) is 6.16. The largest absolute Gasteiger partial charge is 0.448 e. The number of rotatable bonds is 4. The van der Waals surface area contributed by atoms with E-state index >= 15 is 0 Å². The smallest absolute Gasteiger partial charge is 0.417 e. The molecule has 0 unspecified atom stereocenters. The molecule has 0 saturated heterocycles. The zero-order valence-corrected chi connectivity index (χ0v) is 12.5. The summed E-state index contributed by atoms with van der Waals surface area (Å²) in [5.74, 6) is 0.540. The van der Waals surface area contributed by atoms with Crippen molar-refractivity contribution >= 4 is 12.0 Å². The van der Waals surface area contributed by atoms with Gasteiger partial charge in [-0.05, 0) is 52.5 Å². The average Bonchev–Trinajstić information content (AvgIpc) is 2.98. The van der Waals surface area contributed by atoms with Gasteiger partial charge in [0.1, 0.15) is 5.60 Å². The summed E-state index contributed by atoms with van der Waals surface area (Å²) in [6.07, 6.45) is 7.88. The third kappa shape index (κ3) is 4.15. The van der Waals surface area contributed by atoms with Crippen molar-refractivity contribution in [3.63, 3.8) is 0 Å². The number of hydrogen-bond acceptors (Lipinski definition) is 3. The molecule has 1 heterocycles. The maximum Gasteiger partial charge on any atom is 0.417 e. The van der Waals surface area contributed by atoms with Crippen molar-refractivity contribution in [2.45, 2.75) is 52.1 Å². The van der Waals surface area contributed by atoms with Crippen molar-refractivity contribution in [1.82, 2.24) is 0 Å². The molecule has 1 amide bonds. The molecule has 0 fully saturated rings. The van der Waals surface area contributed by atoms with Crippen LogP contribution < -0.4 is 4.90 Å². The highest BCUT2D eigenvalue weighted by molar-refractivity contribution is 5.86. The number of allylic oxidation sites excluding steroid dienone is 1. The fourth-order valence-corrected chi connectivity index (χ4v) is 2.25. The monoisotopic (exact) mass is 277 g/mol. The van der Waals surface area contributed by atoms with E-state index in [-0.39, 0.29) is 6.09 Å². The molecule has 0 N–H and O–H groups in total. The van der Waals surface area contributed by atoms with Crippen molar-refractivity contribution in [2.75, 3.05) is 11.4 Å². The Kier molecular flexibility index (Phi) is 4.53. The van der Waals surface area contributed by atoms with E-state index in [1.165, 1.54) is 12.0 Å². The molecule has 0 aromatic carbocycles. The van der Waals surface area contributed by atoms with Crippen LogP contribution in [0.3, 0.4) is 0 Å². The zero-order valence-electron chi connectivity index (χ0n) is 12.5. The lowest BCUT2D eigenvalue weighted by atomic mass is 10.1. The van der Waals surface area contributed by atoms with Gasteiger partial charge in [-0.15, -0.1) is 0 Å². The molecular formula is C16H23NO3. The Labute approximate surface area is 120 Å². The Hall–Kier alpha value is -1.71. The lowest BCUT2D eigenvalue weighted by Gasteiger charge is -2.26. The summed E-state index contributed by atoms with van der Waals surface area (Å²) >= 11 is 0. The molecule has 1 aromatic heterocycles. The van der Waals surface area contributed by atoms with Crippen LogP contribution in [0, 0.1) is 0 Å². The average molecular weight is 277 g/mol. The summed E-state index contributed by atoms with van der Waals surface area (Å²) < 4.78 is 10.8. The third-order valence-corrected chi connectivity index (χ3v) is 3.18. The fourth-order valence-electron chi connectivity index (χ4n) is 2.25. The molecule has 0 atom stereocenters. The predicted molar refractivity (Wildman–Crippen MR) is 78.8 cm³/mol. The molecule has 1 aliphatic carbocycles. The highest BCUT2D eigenvalue weighted by Crippen LogP contribution is 2.24. The van der Waals surface area contributed by atoms with E-state index in [0.717, 1.165) is 19.3 Å². The van der Waals surface area contributed by atoms with E-state index in [1.807, 2.05) is 20.8 Å². The number of ether oxygens (including phenoxy) is 1. The molecule has 0 spiro atoms. The first-order valence-corrected chi connectivity index (χ1v) is 7.18. The normalized spacial score (nSPS) is 15.1. The minimum absolute atomic E-state index is 0.356. The zero-order chi connectivity index (χ0) is 14.6. The molecule has 0 aliphatic heterocycles. The molecular weight excluding hydrogens is 254 g/mol. The number of carbonyl (C=O) groups excluding carboxylic acids is 1. The molecule has 4 nitrogen and oxygen atoms in total. The first kappa shape index (κ1) is 14.7. The molecule has 0 saturated carbocycles. The van der Waals surface area contributed by atoms with Crippen LogP contribution in [0.2, 0.25) is 0 Å². The van der Waals surface area contributed by atoms with Gasteiger partial charge in [0, 0.05) is 12.6 Å². The molecule has 0 radical (unpaired) electrons. The van der Waals surface area contributed by atoms with Crippen molar-refractivity contribution in [2.24, 2.45) is 0 Å². The minimum atomic E-state index is -0.505. The van der Waals surface area contributed by atoms with E-state index in [1.54, 1.807) is 23.3 Å². The van der Waals surface area contributed by atoms with E-state index in [4.69, 9.17) is 9.15 Å². The van der Waals surface area contributed by atoms with Gasteiger partial charge >= 0.3 is 6.09 Å². The SMILES string of the molecule is CC(C)(C)OC(=O)N(CCC1=CCCC1)c1ccco1. The Morgan fingerprint density at radius 2 is 2.25 bits per heavy atom. The fraction of sp³-hybridized carbons (Fsp3) is 0.562. The third-order valence-electron chi connectivity index (χ3n) is 3.18. The van der Waals surface area contributed by atoms with Gasteiger partial charge < -0.3 is 9.15 Å². The highest BCUT2D eigenvalue weighted by atomic mass is 16.6. The summed E-state index contributed by atoms with van der Waals surface area (Å²) in [5.41, 5.74) is 0.916. The van der Waals surface area contributed by atoms with Crippen molar-refractivity contribution in [3.8, 4) is 0 Å². The minimum Gasteiger partial charge on any atom is -0.448 e. The molecule has 110 valence electrons. The van der Waals surface area contributed by atoms with E-state index in [0.29, 0.717) is 12.4 Å². The highest BCUT2D eigenvalue weighted by Gasteiger charge is 2.25.